The Hall–Kier alpha value is -1.62. The van der Waals surface area contributed by atoms with Crippen LogP contribution in [0.4, 0.5) is 0 Å². The predicted octanol–water partition coefficient (Wildman–Crippen LogP) is 3.31. The van der Waals surface area contributed by atoms with E-state index in [4.69, 9.17) is 9.47 Å². The van der Waals surface area contributed by atoms with E-state index >= 15 is 0 Å². The highest BCUT2D eigenvalue weighted by Crippen LogP contribution is 2.17. The number of hydrogen-bond donors (Lipinski definition) is 0. The number of nitrogens with zero attached hydrogens (tertiary/aromatic N) is 2. The minimum Gasteiger partial charge on any atom is -0.490 e. The number of aromatic nitrogens is 2. The van der Waals surface area contributed by atoms with Crippen LogP contribution in [0.1, 0.15) is 11.3 Å². The van der Waals surface area contributed by atoms with Crippen molar-refractivity contribution in [3.8, 4) is 11.6 Å². The molecule has 0 saturated heterocycles. The van der Waals surface area contributed by atoms with Crippen molar-refractivity contribution in [2.24, 2.45) is 0 Å². The molecule has 0 unspecified atom stereocenters. The average molecular weight is 323 g/mol. The first-order valence-corrected chi connectivity index (χ1v) is 6.76. The molecule has 0 fully saturated rings. The van der Waals surface area contributed by atoms with Crippen molar-refractivity contribution in [1.29, 1.82) is 0 Å². The third-order valence-corrected chi connectivity index (χ3v) is 3.10. The molecular formula is C14H15BrN2O2. The fraction of sp³-hybridized carbons (Fsp3) is 0.286. The van der Waals surface area contributed by atoms with E-state index in [1.54, 1.807) is 0 Å². The molecule has 5 heteroatoms. The molecule has 1 heterocycles. The summed E-state index contributed by atoms with van der Waals surface area (Å²) < 4.78 is 12.0. The van der Waals surface area contributed by atoms with Crippen molar-refractivity contribution in [3.63, 3.8) is 0 Å². The molecule has 1 aromatic heterocycles. The van der Waals surface area contributed by atoms with Crippen LogP contribution in [0.2, 0.25) is 0 Å². The summed E-state index contributed by atoms with van der Waals surface area (Å²) in [6.07, 6.45) is 0. The van der Waals surface area contributed by atoms with Gasteiger partial charge in [0.1, 0.15) is 19.0 Å². The lowest BCUT2D eigenvalue weighted by Gasteiger charge is -2.08. The van der Waals surface area contributed by atoms with Gasteiger partial charge in [-0.1, -0.05) is 22.0 Å². The molecule has 0 aliphatic heterocycles. The molecule has 2 aromatic rings. The molecule has 0 amide bonds. The first kappa shape index (κ1) is 13.8. The van der Waals surface area contributed by atoms with Crippen molar-refractivity contribution < 1.29 is 9.47 Å². The van der Waals surface area contributed by atoms with E-state index in [-0.39, 0.29) is 0 Å². The predicted molar refractivity (Wildman–Crippen MR) is 76.6 cm³/mol. The van der Waals surface area contributed by atoms with Gasteiger partial charge in [-0.05, 0) is 37.6 Å². The van der Waals surface area contributed by atoms with Gasteiger partial charge in [-0.3, -0.25) is 0 Å². The summed E-state index contributed by atoms with van der Waals surface area (Å²) in [5, 5.41) is 7.97. The molecule has 4 nitrogen and oxygen atoms in total. The van der Waals surface area contributed by atoms with E-state index in [1.165, 1.54) is 0 Å². The second kappa shape index (κ2) is 6.52. The maximum Gasteiger partial charge on any atom is 0.233 e. The Morgan fingerprint density at radius 1 is 1.05 bits per heavy atom. The first-order chi connectivity index (χ1) is 9.15. The van der Waals surface area contributed by atoms with E-state index in [1.807, 2.05) is 44.2 Å². The van der Waals surface area contributed by atoms with Gasteiger partial charge in [0, 0.05) is 10.5 Å². The third kappa shape index (κ3) is 4.21. The van der Waals surface area contributed by atoms with Gasteiger partial charge in [0.2, 0.25) is 5.88 Å². The monoisotopic (exact) mass is 322 g/mol. The Labute approximate surface area is 120 Å². The lowest BCUT2D eigenvalue weighted by molar-refractivity contribution is 0.210. The van der Waals surface area contributed by atoms with Crippen LogP contribution in [0.3, 0.4) is 0 Å². The Morgan fingerprint density at radius 2 is 1.84 bits per heavy atom. The number of rotatable bonds is 5. The van der Waals surface area contributed by atoms with Crippen molar-refractivity contribution >= 4 is 15.9 Å². The van der Waals surface area contributed by atoms with Gasteiger partial charge in [0.05, 0.1) is 5.69 Å². The number of benzene rings is 1. The summed E-state index contributed by atoms with van der Waals surface area (Å²) >= 11 is 3.39. The van der Waals surface area contributed by atoms with Crippen molar-refractivity contribution in [3.05, 3.63) is 46.1 Å². The standard InChI is InChI=1S/C14H15BrN2O2/c1-10-8-14(17-16-11(10)2)19-7-6-18-13-5-3-4-12(15)9-13/h3-5,8-9H,6-7H2,1-2H3. The average Bonchev–Trinajstić information content (AvgIpc) is 2.39. The molecule has 19 heavy (non-hydrogen) atoms. The van der Waals surface area contributed by atoms with Crippen LogP contribution in [-0.4, -0.2) is 23.4 Å². The molecule has 0 aliphatic carbocycles. The Bertz CT molecular complexity index is 561. The first-order valence-electron chi connectivity index (χ1n) is 5.97. The van der Waals surface area contributed by atoms with Crippen molar-refractivity contribution in [2.75, 3.05) is 13.2 Å². The summed E-state index contributed by atoms with van der Waals surface area (Å²) in [4.78, 5) is 0. The molecule has 2 rings (SSSR count). The van der Waals surface area contributed by atoms with Crippen molar-refractivity contribution in [1.82, 2.24) is 10.2 Å². The second-order valence-corrected chi connectivity index (χ2v) is 5.02. The minimum atomic E-state index is 0.434. The number of aryl methyl sites for hydroxylation is 2. The SMILES string of the molecule is Cc1cc(OCCOc2cccc(Br)c2)nnc1C. The summed E-state index contributed by atoms with van der Waals surface area (Å²) in [6.45, 7) is 4.80. The van der Waals surface area contributed by atoms with Crippen LogP contribution < -0.4 is 9.47 Å². The van der Waals surface area contributed by atoms with Gasteiger partial charge in [-0.2, -0.15) is 5.10 Å². The molecule has 0 atom stereocenters. The fourth-order valence-corrected chi connectivity index (χ4v) is 1.83. The van der Waals surface area contributed by atoms with Crippen LogP contribution in [0.15, 0.2) is 34.8 Å². The fourth-order valence-electron chi connectivity index (χ4n) is 1.45. The number of hydrogen-bond acceptors (Lipinski definition) is 4. The van der Waals surface area contributed by atoms with Gasteiger partial charge in [-0.15, -0.1) is 5.10 Å². The summed E-state index contributed by atoms with van der Waals surface area (Å²) in [7, 11) is 0. The van der Waals surface area contributed by atoms with E-state index in [0.29, 0.717) is 19.1 Å². The largest absolute Gasteiger partial charge is 0.490 e. The molecule has 100 valence electrons. The number of halogens is 1. The summed E-state index contributed by atoms with van der Waals surface area (Å²) in [5.74, 6) is 1.34. The van der Waals surface area contributed by atoms with Gasteiger partial charge in [-0.25, -0.2) is 0 Å². The van der Waals surface area contributed by atoms with Gasteiger partial charge < -0.3 is 9.47 Å². The zero-order valence-electron chi connectivity index (χ0n) is 10.9. The lowest BCUT2D eigenvalue weighted by Crippen LogP contribution is -2.10. The molecular weight excluding hydrogens is 308 g/mol. The van der Waals surface area contributed by atoms with E-state index in [9.17, 15) is 0 Å². The summed E-state index contributed by atoms with van der Waals surface area (Å²) in [5.41, 5.74) is 1.98. The third-order valence-electron chi connectivity index (χ3n) is 2.61. The molecule has 0 bridgehead atoms. The van der Waals surface area contributed by atoms with E-state index in [0.717, 1.165) is 21.5 Å². The zero-order valence-corrected chi connectivity index (χ0v) is 12.5. The second-order valence-electron chi connectivity index (χ2n) is 4.11. The highest BCUT2D eigenvalue weighted by molar-refractivity contribution is 9.10. The van der Waals surface area contributed by atoms with Gasteiger partial charge in [0.25, 0.3) is 0 Å². The Morgan fingerprint density at radius 3 is 2.58 bits per heavy atom. The quantitative estimate of drug-likeness (QED) is 0.792. The highest BCUT2D eigenvalue weighted by Gasteiger charge is 2.01. The number of ether oxygens (including phenoxy) is 2. The molecule has 0 spiro atoms. The molecule has 0 saturated carbocycles. The molecule has 0 radical (unpaired) electrons. The van der Waals surface area contributed by atoms with Crippen LogP contribution in [-0.2, 0) is 0 Å². The van der Waals surface area contributed by atoms with Crippen LogP contribution in [0.25, 0.3) is 0 Å². The maximum absolute atomic E-state index is 5.56. The van der Waals surface area contributed by atoms with Crippen LogP contribution >= 0.6 is 15.9 Å². The molecule has 0 N–H and O–H groups in total. The molecule has 0 aliphatic rings. The van der Waals surface area contributed by atoms with Crippen LogP contribution in [0.5, 0.6) is 11.6 Å². The molecule has 1 aromatic carbocycles. The zero-order chi connectivity index (χ0) is 13.7. The maximum atomic E-state index is 5.56. The Balaban J connectivity index is 1.79. The van der Waals surface area contributed by atoms with Gasteiger partial charge >= 0.3 is 0 Å². The topological polar surface area (TPSA) is 44.2 Å². The highest BCUT2D eigenvalue weighted by atomic mass is 79.9. The van der Waals surface area contributed by atoms with Gasteiger partial charge in [0.15, 0.2) is 0 Å². The van der Waals surface area contributed by atoms with Crippen LogP contribution in [0, 0.1) is 13.8 Å². The van der Waals surface area contributed by atoms with E-state index in [2.05, 4.69) is 26.1 Å². The van der Waals surface area contributed by atoms with Crippen molar-refractivity contribution in [2.45, 2.75) is 13.8 Å². The Kier molecular flexibility index (Phi) is 4.74. The van der Waals surface area contributed by atoms with E-state index < -0.39 is 0 Å². The lowest BCUT2D eigenvalue weighted by atomic mass is 10.2. The normalized spacial score (nSPS) is 10.3. The smallest absolute Gasteiger partial charge is 0.233 e. The summed E-state index contributed by atoms with van der Waals surface area (Å²) in [6, 6.07) is 9.57. The minimum absolute atomic E-state index is 0.434.